The van der Waals surface area contributed by atoms with Crippen LogP contribution >= 0.6 is 0 Å². The number of hydrogen-bond donors (Lipinski definition) is 1. The van der Waals surface area contributed by atoms with Gasteiger partial charge in [-0.05, 0) is 25.0 Å². The third kappa shape index (κ3) is 5.79. The summed E-state index contributed by atoms with van der Waals surface area (Å²) in [5.41, 5.74) is 0.548. The summed E-state index contributed by atoms with van der Waals surface area (Å²) in [6.07, 6.45) is 4.63. The van der Waals surface area contributed by atoms with Gasteiger partial charge in [0.25, 0.3) is 5.91 Å². The standard InChI is InChI=1S/C21H30N4O3/c26-19(16-22-21(28)18-8-4-3-5-9-18)25-14-12-23(13-15-25)17-20(27)24-10-6-1-2-7-11-24/h3-5,8-9H,1-2,6-7,10-17H2,(H,22,28). The molecule has 28 heavy (non-hydrogen) atoms. The Labute approximate surface area is 166 Å². The van der Waals surface area contributed by atoms with Crippen LogP contribution in [0.15, 0.2) is 30.3 Å². The Balaban J connectivity index is 1.37. The van der Waals surface area contributed by atoms with Crippen molar-refractivity contribution in [3.63, 3.8) is 0 Å². The Morgan fingerprint density at radius 2 is 1.36 bits per heavy atom. The first kappa shape index (κ1) is 20.3. The molecule has 0 atom stereocenters. The normalized spacial score (nSPS) is 18.4. The fourth-order valence-corrected chi connectivity index (χ4v) is 3.73. The first-order chi connectivity index (χ1) is 13.6. The third-order valence-corrected chi connectivity index (χ3v) is 5.48. The number of nitrogens with zero attached hydrogens (tertiary/aromatic N) is 3. The highest BCUT2D eigenvalue weighted by molar-refractivity contribution is 5.96. The molecule has 0 saturated carbocycles. The molecule has 7 heteroatoms. The van der Waals surface area contributed by atoms with E-state index in [4.69, 9.17) is 0 Å². The van der Waals surface area contributed by atoms with Crippen LogP contribution in [-0.2, 0) is 9.59 Å². The van der Waals surface area contributed by atoms with E-state index in [0.29, 0.717) is 38.3 Å². The van der Waals surface area contributed by atoms with E-state index < -0.39 is 0 Å². The monoisotopic (exact) mass is 386 g/mol. The minimum atomic E-state index is -0.240. The molecule has 0 unspecified atom stereocenters. The molecule has 0 spiro atoms. The molecule has 2 saturated heterocycles. The van der Waals surface area contributed by atoms with E-state index in [2.05, 4.69) is 10.2 Å². The number of nitrogens with one attached hydrogen (secondary N) is 1. The Bertz CT molecular complexity index is 663. The molecule has 1 aromatic rings. The van der Waals surface area contributed by atoms with Gasteiger partial charge in [-0.3, -0.25) is 19.3 Å². The predicted molar refractivity (Wildman–Crippen MR) is 107 cm³/mol. The molecular weight excluding hydrogens is 356 g/mol. The largest absolute Gasteiger partial charge is 0.343 e. The van der Waals surface area contributed by atoms with E-state index in [-0.39, 0.29) is 24.3 Å². The lowest BCUT2D eigenvalue weighted by atomic mass is 10.2. The zero-order valence-electron chi connectivity index (χ0n) is 16.4. The SMILES string of the molecule is O=C(NCC(=O)N1CCN(CC(=O)N2CCCCCC2)CC1)c1ccccc1. The topological polar surface area (TPSA) is 73.0 Å². The van der Waals surface area contributed by atoms with Crippen LogP contribution in [0.5, 0.6) is 0 Å². The van der Waals surface area contributed by atoms with Gasteiger partial charge in [0, 0.05) is 44.8 Å². The van der Waals surface area contributed by atoms with Crippen LogP contribution in [0.3, 0.4) is 0 Å². The van der Waals surface area contributed by atoms with Crippen molar-refractivity contribution in [3.05, 3.63) is 35.9 Å². The number of carbonyl (C=O) groups is 3. The summed E-state index contributed by atoms with van der Waals surface area (Å²) in [5, 5.41) is 2.68. The molecule has 2 aliphatic heterocycles. The van der Waals surface area contributed by atoms with Crippen molar-refractivity contribution < 1.29 is 14.4 Å². The fraction of sp³-hybridized carbons (Fsp3) is 0.571. The third-order valence-electron chi connectivity index (χ3n) is 5.48. The van der Waals surface area contributed by atoms with Gasteiger partial charge >= 0.3 is 0 Å². The van der Waals surface area contributed by atoms with Crippen LogP contribution in [0.4, 0.5) is 0 Å². The Hall–Kier alpha value is -2.41. The van der Waals surface area contributed by atoms with Gasteiger partial charge < -0.3 is 15.1 Å². The molecular formula is C21H30N4O3. The molecule has 3 rings (SSSR count). The highest BCUT2D eigenvalue weighted by Crippen LogP contribution is 2.11. The summed E-state index contributed by atoms with van der Waals surface area (Å²) in [6, 6.07) is 8.88. The minimum absolute atomic E-state index is 0.000432. The Kier molecular flexibility index (Phi) is 7.42. The van der Waals surface area contributed by atoms with E-state index in [0.717, 1.165) is 25.9 Å². The van der Waals surface area contributed by atoms with Crippen molar-refractivity contribution in [2.45, 2.75) is 25.7 Å². The van der Waals surface area contributed by atoms with Crippen molar-refractivity contribution >= 4 is 17.7 Å². The molecule has 2 aliphatic rings. The lowest BCUT2D eigenvalue weighted by Gasteiger charge is -2.35. The number of rotatable bonds is 5. The number of hydrogen-bond acceptors (Lipinski definition) is 4. The summed E-state index contributed by atoms with van der Waals surface area (Å²) in [7, 11) is 0. The van der Waals surface area contributed by atoms with Crippen molar-refractivity contribution in [2.24, 2.45) is 0 Å². The number of likely N-dealkylation sites (tertiary alicyclic amines) is 1. The van der Waals surface area contributed by atoms with E-state index >= 15 is 0 Å². The van der Waals surface area contributed by atoms with E-state index in [9.17, 15) is 14.4 Å². The average Bonchev–Trinajstić information content (AvgIpc) is 3.02. The summed E-state index contributed by atoms with van der Waals surface area (Å²) in [6.45, 7) is 4.75. The Morgan fingerprint density at radius 3 is 2.00 bits per heavy atom. The highest BCUT2D eigenvalue weighted by Gasteiger charge is 2.24. The number of amides is 3. The van der Waals surface area contributed by atoms with Crippen molar-refractivity contribution in [3.8, 4) is 0 Å². The highest BCUT2D eigenvalue weighted by atomic mass is 16.2. The van der Waals surface area contributed by atoms with Gasteiger partial charge in [-0.1, -0.05) is 31.0 Å². The summed E-state index contributed by atoms with van der Waals surface area (Å²) in [5.74, 6) is -0.116. The average molecular weight is 386 g/mol. The molecule has 7 nitrogen and oxygen atoms in total. The van der Waals surface area contributed by atoms with Gasteiger partial charge in [0.2, 0.25) is 11.8 Å². The molecule has 0 radical (unpaired) electrons. The van der Waals surface area contributed by atoms with Gasteiger partial charge in [0.1, 0.15) is 0 Å². The van der Waals surface area contributed by atoms with Crippen LogP contribution in [0.1, 0.15) is 36.0 Å². The molecule has 0 aliphatic carbocycles. The maximum atomic E-state index is 12.5. The van der Waals surface area contributed by atoms with E-state index in [1.165, 1.54) is 12.8 Å². The van der Waals surface area contributed by atoms with Gasteiger partial charge in [-0.25, -0.2) is 0 Å². The quantitative estimate of drug-likeness (QED) is 0.818. The van der Waals surface area contributed by atoms with Gasteiger partial charge in [-0.2, -0.15) is 0 Å². The second-order valence-corrected chi connectivity index (χ2v) is 7.50. The van der Waals surface area contributed by atoms with Crippen LogP contribution < -0.4 is 5.32 Å². The lowest BCUT2D eigenvalue weighted by Crippen LogP contribution is -2.53. The molecule has 0 aromatic heterocycles. The van der Waals surface area contributed by atoms with Crippen LogP contribution in [0, 0.1) is 0 Å². The molecule has 3 amide bonds. The van der Waals surface area contributed by atoms with Crippen LogP contribution in [-0.4, -0.2) is 84.8 Å². The predicted octanol–water partition coefficient (Wildman–Crippen LogP) is 0.963. The Morgan fingerprint density at radius 1 is 0.750 bits per heavy atom. The van der Waals surface area contributed by atoms with Crippen molar-refractivity contribution in [2.75, 3.05) is 52.4 Å². The lowest BCUT2D eigenvalue weighted by molar-refractivity contribution is -0.134. The zero-order chi connectivity index (χ0) is 19.8. The van der Waals surface area contributed by atoms with Crippen molar-refractivity contribution in [1.29, 1.82) is 0 Å². The summed E-state index contributed by atoms with van der Waals surface area (Å²) >= 11 is 0. The number of piperazine rings is 1. The van der Waals surface area contributed by atoms with Crippen molar-refractivity contribution in [1.82, 2.24) is 20.0 Å². The van der Waals surface area contributed by atoms with Gasteiger partial charge in [0.05, 0.1) is 13.1 Å². The molecule has 1 aromatic carbocycles. The summed E-state index contributed by atoms with van der Waals surface area (Å²) in [4.78, 5) is 42.8. The summed E-state index contributed by atoms with van der Waals surface area (Å²) < 4.78 is 0. The van der Waals surface area contributed by atoms with E-state index in [1.54, 1.807) is 29.2 Å². The number of benzene rings is 1. The number of carbonyl (C=O) groups excluding carboxylic acids is 3. The fourth-order valence-electron chi connectivity index (χ4n) is 3.73. The zero-order valence-corrected chi connectivity index (χ0v) is 16.4. The maximum absolute atomic E-state index is 12.5. The second-order valence-electron chi connectivity index (χ2n) is 7.50. The minimum Gasteiger partial charge on any atom is -0.343 e. The van der Waals surface area contributed by atoms with E-state index in [1.807, 2.05) is 11.0 Å². The molecule has 0 bridgehead atoms. The van der Waals surface area contributed by atoms with Crippen LogP contribution in [0.25, 0.3) is 0 Å². The molecule has 152 valence electrons. The maximum Gasteiger partial charge on any atom is 0.251 e. The first-order valence-electron chi connectivity index (χ1n) is 10.2. The smallest absolute Gasteiger partial charge is 0.251 e. The van der Waals surface area contributed by atoms with Gasteiger partial charge in [0.15, 0.2) is 0 Å². The molecule has 2 heterocycles. The molecule has 2 fully saturated rings. The second kappa shape index (κ2) is 10.2. The van der Waals surface area contributed by atoms with Crippen LogP contribution in [0.2, 0.25) is 0 Å². The first-order valence-corrected chi connectivity index (χ1v) is 10.2. The molecule has 1 N–H and O–H groups in total. The van der Waals surface area contributed by atoms with Gasteiger partial charge in [-0.15, -0.1) is 0 Å².